The van der Waals surface area contributed by atoms with Crippen molar-refractivity contribution < 1.29 is 32.1 Å². The standard InChI is InChI=1S/C35H36ClF4N5O3/c1-33-8-6-20(43-33)13-45(16-33)31-24-12-26(37)28(23-11-21(46)10-19-4-3-5-25(36)27(19)23)29(38)30(24)41-32(42-31)48-18-34(15-35(34,39)40)17-44-9-7-22(14-44)47-2/h3-5,10-12,20,22,43,46H,6-9,13-18H2,1-2H3/t20?,22-,33+,34-/m1/s1. The summed E-state index contributed by atoms with van der Waals surface area (Å²) in [6.07, 6.45) is 2.28. The van der Waals surface area contributed by atoms with Gasteiger partial charge in [-0.15, -0.1) is 0 Å². The average molecular weight is 686 g/mol. The second kappa shape index (κ2) is 11.3. The molecule has 1 saturated carbocycles. The van der Waals surface area contributed by atoms with Crippen LogP contribution in [0.25, 0.3) is 32.8 Å². The maximum Gasteiger partial charge on any atom is 0.319 e. The van der Waals surface area contributed by atoms with Gasteiger partial charge in [0.25, 0.3) is 5.92 Å². The number of anilines is 1. The van der Waals surface area contributed by atoms with E-state index in [1.54, 1.807) is 25.3 Å². The quantitative estimate of drug-likeness (QED) is 0.203. The first-order chi connectivity index (χ1) is 22.9. The number of aromatic nitrogens is 2. The number of aromatic hydroxyl groups is 1. The average Bonchev–Trinajstić information content (AvgIpc) is 3.28. The van der Waals surface area contributed by atoms with Gasteiger partial charge in [0.15, 0.2) is 5.82 Å². The third-order valence-corrected chi connectivity index (χ3v) is 11.0. The molecular formula is C35H36ClF4N5O3. The number of phenolic OH excluding ortho intramolecular Hbond substituents is 1. The number of fused-ring (bicyclic) bond motifs is 4. The minimum atomic E-state index is -2.94. The second-order valence-electron chi connectivity index (χ2n) is 14.3. The molecule has 3 saturated heterocycles. The normalized spacial score (nSPS) is 28.1. The maximum absolute atomic E-state index is 16.8. The van der Waals surface area contributed by atoms with Crippen LogP contribution in [0.1, 0.15) is 32.6 Å². The Balaban J connectivity index is 1.23. The van der Waals surface area contributed by atoms with Crippen LogP contribution in [0, 0.1) is 17.0 Å². The lowest BCUT2D eigenvalue weighted by Crippen LogP contribution is -2.58. The van der Waals surface area contributed by atoms with Crippen LogP contribution in [0.4, 0.5) is 23.4 Å². The Kier molecular flexibility index (Phi) is 7.48. The predicted molar refractivity (Wildman–Crippen MR) is 175 cm³/mol. The number of nitrogens with zero attached hydrogens (tertiary/aromatic N) is 4. The first kappa shape index (κ1) is 31.8. The van der Waals surface area contributed by atoms with Crippen LogP contribution in [-0.2, 0) is 4.74 Å². The fourth-order valence-electron chi connectivity index (χ4n) is 8.10. The van der Waals surface area contributed by atoms with Crippen molar-refractivity contribution in [3.05, 3.63) is 53.1 Å². The van der Waals surface area contributed by atoms with Gasteiger partial charge >= 0.3 is 6.01 Å². The van der Waals surface area contributed by atoms with Gasteiger partial charge in [-0.05, 0) is 55.8 Å². The highest BCUT2D eigenvalue weighted by Gasteiger charge is 2.72. The summed E-state index contributed by atoms with van der Waals surface area (Å²) in [5.74, 6) is -4.74. The number of halogens is 5. The summed E-state index contributed by atoms with van der Waals surface area (Å²) in [7, 11) is 1.62. The minimum Gasteiger partial charge on any atom is -0.508 e. The predicted octanol–water partition coefficient (Wildman–Crippen LogP) is 6.54. The Hall–Kier alpha value is -3.45. The molecule has 1 aliphatic carbocycles. The van der Waals surface area contributed by atoms with Crippen molar-refractivity contribution in [3.8, 4) is 22.9 Å². The van der Waals surface area contributed by atoms with Crippen molar-refractivity contribution >= 4 is 39.1 Å². The minimum absolute atomic E-state index is 0.00556. The van der Waals surface area contributed by atoms with Gasteiger partial charge in [-0.1, -0.05) is 23.7 Å². The van der Waals surface area contributed by atoms with E-state index in [2.05, 4.69) is 22.2 Å². The van der Waals surface area contributed by atoms with Crippen molar-refractivity contribution in [2.24, 2.45) is 5.41 Å². The van der Waals surface area contributed by atoms with Crippen molar-refractivity contribution in [2.75, 3.05) is 51.3 Å². The molecule has 0 amide bonds. The third-order valence-electron chi connectivity index (χ3n) is 10.7. The molecule has 3 aliphatic heterocycles. The maximum atomic E-state index is 16.8. The largest absolute Gasteiger partial charge is 0.508 e. The van der Waals surface area contributed by atoms with Crippen LogP contribution in [0.15, 0.2) is 36.4 Å². The van der Waals surface area contributed by atoms with Gasteiger partial charge in [0.05, 0.1) is 17.1 Å². The molecular weight excluding hydrogens is 650 g/mol. The molecule has 13 heteroatoms. The molecule has 4 aromatic rings. The van der Waals surface area contributed by atoms with Crippen LogP contribution in [-0.4, -0.2) is 90.0 Å². The number of piperazine rings is 1. The third kappa shape index (κ3) is 5.32. The van der Waals surface area contributed by atoms with Gasteiger partial charge in [0.1, 0.15) is 29.5 Å². The molecule has 8 rings (SSSR count). The van der Waals surface area contributed by atoms with Gasteiger partial charge in [-0.2, -0.15) is 9.97 Å². The Morgan fingerprint density at radius 2 is 1.94 bits per heavy atom. The van der Waals surface area contributed by atoms with Crippen molar-refractivity contribution in [1.29, 1.82) is 0 Å². The lowest BCUT2D eigenvalue weighted by Gasteiger charge is -2.40. The van der Waals surface area contributed by atoms with Gasteiger partial charge in [-0.25, -0.2) is 17.6 Å². The molecule has 4 aliphatic rings. The highest BCUT2D eigenvalue weighted by Crippen LogP contribution is 2.61. The van der Waals surface area contributed by atoms with E-state index in [-0.39, 0.29) is 76.3 Å². The number of hydrogen-bond acceptors (Lipinski definition) is 8. The molecule has 3 aromatic carbocycles. The zero-order valence-electron chi connectivity index (χ0n) is 26.6. The van der Waals surface area contributed by atoms with Gasteiger partial charge in [0, 0.05) is 79.2 Å². The Bertz CT molecular complexity index is 1950. The van der Waals surface area contributed by atoms with Crippen molar-refractivity contribution in [2.45, 2.75) is 56.2 Å². The number of nitrogens with one attached hydrogen (secondary N) is 1. The molecule has 1 aromatic heterocycles. The summed E-state index contributed by atoms with van der Waals surface area (Å²) in [5, 5.41) is 15.4. The fourth-order valence-corrected chi connectivity index (χ4v) is 8.38. The molecule has 2 bridgehead atoms. The summed E-state index contributed by atoms with van der Waals surface area (Å²) in [5.41, 5.74) is -2.26. The van der Waals surface area contributed by atoms with E-state index in [9.17, 15) is 13.9 Å². The van der Waals surface area contributed by atoms with E-state index >= 15 is 8.78 Å². The molecule has 1 unspecified atom stereocenters. The topological polar surface area (TPSA) is 83.0 Å². The molecule has 2 N–H and O–H groups in total. The SMILES string of the molecule is CO[C@@H]1CCN(C[C@@]2(COc3nc(N4CC5CC[C@@](C)(C4)N5)c4cc(F)c(-c5cc(O)cc6cccc(Cl)c56)c(F)c4n3)CC2(F)F)C1. The first-order valence-electron chi connectivity index (χ1n) is 16.3. The highest BCUT2D eigenvalue weighted by molar-refractivity contribution is 6.36. The van der Waals surface area contributed by atoms with Crippen LogP contribution in [0.3, 0.4) is 0 Å². The van der Waals surface area contributed by atoms with Gasteiger partial charge in [0.2, 0.25) is 0 Å². The Morgan fingerprint density at radius 1 is 1.12 bits per heavy atom. The number of likely N-dealkylation sites (tertiary alicyclic amines) is 1. The smallest absolute Gasteiger partial charge is 0.319 e. The highest BCUT2D eigenvalue weighted by atomic mass is 35.5. The molecule has 8 nitrogen and oxygen atoms in total. The summed E-state index contributed by atoms with van der Waals surface area (Å²) in [6, 6.07) is 8.79. The van der Waals surface area contributed by atoms with E-state index < -0.39 is 28.5 Å². The van der Waals surface area contributed by atoms with Gasteiger partial charge in [-0.3, -0.25) is 4.90 Å². The van der Waals surface area contributed by atoms with Gasteiger partial charge < -0.3 is 24.8 Å². The Morgan fingerprint density at radius 3 is 2.67 bits per heavy atom. The van der Waals surface area contributed by atoms with E-state index in [4.69, 9.17) is 21.1 Å². The van der Waals surface area contributed by atoms with Crippen LogP contribution in [0.5, 0.6) is 11.8 Å². The molecule has 254 valence electrons. The van der Waals surface area contributed by atoms with Crippen LogP contribution in [0.2, 0.25) is 5.02 Å². The molecule has 4 atom stereocenters. The summed E-state index contributed by atoms with van der Waals surface area (Å²) in [6.45, 7) is 4.10. The molecule has 0 radical (unpaired) electrons. The number of hydrogen-bond donors (Lipinski definition) is 2. The number of methoxy groups -OCH3 is 1. The van der Waals surface area contributed by atoms with Crippen molar-refractivity contribution in [1.82, 2.24) is 20.2 Å². The zero-order valence-corrected chi connectivity index (χ0v) is 27.4. The van der Waals surface area contributed by atoms with E-state index in [1.165, 1.54) is 18.2 Å². The lowest BCUT2D eigenvalue weighted by atomic mass is 9.95. The zero-order chi connectivity index (χ0) is 33.6. The van der Waals surface area contributed by atoms with E-state index in [0.29, 0.717) is 37.0 Å². The summed E-state index contributed by atoms with van der Waals surface area (Å²) >= 11 is 6.52. The van der Waals surface area contributed by atoms with Crippen molar-refractivity contribution in [3.63, 3.8) is 0 Å². The first-order valence-corrected chi connectivity index (χ1v) is 16.7. The monoisotopic (exact) mass is 685 g/mol. The van der Waals surface area contributed by atoms with E-state index in [0.717, 1.165) is 19.3 Å². The number of phenols is 1. The number of rotatable bonds is 8. The Labute approximate surface area is 280 Å². The molecule has 4 fully saturated rings. The number of ether oxygens (including phenoxy) is 2. The molecule has 4 heterocycles. The van der Waals surface area contributed by atoms with Crippen LogP contribution >= 0.6 is 11.6 Å². The fraction of sp³-hybridized carbons (Fsp3) is 0.486. The van der Waals surface area contributed by atoms with E-state index in [1.807, 2.05) is 9.80 Å². The second-order valence-corrected chi connectivity index (χ2v) is 14.7. The lowest BCUT2D eigenvalue weighted by molar-refractivity contribution is 0.0222. The number of benzene rings is 3. The molecule has 0 spiro atoms. The molecule has 48 heavy (non-hydrogen) atoms. The summed E-state index contributed by atoms with van der Waals surface area (Å²) < 4.78 is 74.4. The number of alkyl halides is 2. The van der Waals surface area contributed by atoms with Crippen LogP contribution < -0.4 is 15.0 Å². The summed E-state index contributed by atoms with van der Waals surface area (Å²) in [4.78, 5) is 13.0.